The summed E-state index contributed by atoms with van der Waals surface area (Å²) in [6.45, 7) is 6.89. The molecule has 446 valence electrons. The van der Waals surface area contributed by atoms with Crippen molar-refractivity contribution in [2.24, 2.45) is 0 Å². The molecule has 0 spiro atoms. The van der Waals surface area contributed by atoms with Crippen LogP contribution in [0, 0.1) is 0 Å². The van der Waals surface area contributed by atoms with E-state index in [4.69, 9.17) is 13.8 Å². The summed E-state index contributed by atoms with van der Waals surface area (Å²) in [6, 6.07) is -0.864. The zero-order chi connectivity index (χ0) is 56.4. The first kappa shape index (κ1) is 74.2. The Labute approximate surface area is 476 Å². The Kier molecular flexibility index (Phi) is 54.4. The Morgan fingerprint density at radius 2 is 0.831 bits per heavy atom. The number of carbonyl (C=O) groups excluding carboxylic acids is 2. The van der Waals surface area contributed by atoms with Gasteiger partial charge in [0.1, 0.15) is 19.3 Å². The molecular weight excluding hydrogens is 976 g/mol. The van der Waals surface area contributed by atoms with Crippen LogP contribution < -0.4 is 5.32 Å². The normalized spacial score (nSPS) is 14.2. The standard InChI is InChI=1S/C67H121N2O7P/c1-7-10-13-16-19-22-25-27-29-31-32-33-34-35-36-38-39-41-44-47-50-53-56-59-66(70)68-64(63-75-77(72,73)74-62-61-69(4,5)6)65(58-55-52-49-46-43-24-21-18-15-12-9-3)76-67(71)60-57-54-51-48-45-42-40-37-30-28-26-23-20-17-14-11-8-2/h10,13,19,22,27,29,32-33,35-36,39,41,55,58,64-65H,7-9,11-12,14-18,20-21,23-26,28,30-31,34,37-38,40,42-54,56-57,59-63H2,1-6H3,(H-,68,70,72,73)/p+1/b13-10-,22-19-,29-27-,33-32-,36-35-,41-39-,58-55-. The van der Waals surface area contributed by atoms with Crippen LogP contribution in [0.15, 0.2) is 85.1 Å². The number of unbranched alkanes of at least 4 members (excludes halogenated alkanes) is 29. The third-order valence-electron chi connectivity index (χ3n) is 13.8. The number of hydrogen-bond acceptors (Lipinski definition) is 6. The fourth-order valence-electron chi connectivity index (χ4n) is 8.94. The van der Waals surface area contributed by atoms with E-state index in [9.17, 15) is 19.0 Å². The minimum absolute atomic E-state index is 0.0326. The lowest BCUT2D eigenvalue weighted by atomic mass is 10.0. The van der Waals surface area contributed by atoms with Crippen molar-refractivity contribution >= 4 is 19.7 Å². The summed E-state index contributed by atoms with van der Waals surface area (Å²) in [7, 11) is 1.47. The molecule has 0 bridgehead atoms. The quantitative estimate of drug-likeness (QED) is 0.0205. The molecule has 3 atom stereocenters. The maximum absolute atomic E-state index is 13.5. The second-order valence-corrected chi connectivity index (χ2v) is 24.0. The fraction of sp³-hybridized carbons (Fsp3) is 0.761. The van der Waals surface area contributed by atoms with Crippen molar-refractivity contribution in [2.45, 2.75) is 290 Å². The number of quaternary nitrogens is 1. The highest BCUT2D eigenvalue weighted by molar-refractivity contribution is 7.47. The van der Waals surface area contributed by atoms with E-state index in [0.29, 0.717) is 23.9 Å². The Balaban J connectivity index is 5.22. The van der Waals surface area contributed by atoms with E-state index in [1.54, 1.807) is 0 Å². The maximum Gasteiger partial charge on any atom is 0.472 e. The highest BCUT2D eigenvalue weighted by Gasteiger charge is 2.30. The van der Waals surface area contributed by atoms with E-state index in [2.05, 4.69) is 99.0 Å². The van der Waals surface area contributed by atoms with Gasteiger partial charge in [0.25, 0.3) is 0 Å². The first-order valence-electron chi connectivity index (χ1n) is 31.9. The molecule has 10 heteroatoms. The zero-order valence-electron chi connectivity index (χ0n) is 50.9. The lowest BCUT2D eigenvalue weighted by Gasteiger charge is -2.27. The molecule has 2 N–H and O–H groups in total. The largest absolute Gasteiger partial charge is 0.472 e. The number of allylic oxidation sites excluding steroid dienone is 13. The van der Waals surface area contributed by atoms with E-state index in [1.165, 1.54) is 135 Å². The lowest BCUT2D eigenvalue weighted by molar-refractivity contribution is -0.870. The van der Waals surface area contributed by atoms with Gasteiger partial charge < -0.3 is 19.4 Å². The molecule has 3 unspecified atom stereocenters. The SMILES string of the molecule is CC/C=C\C/C=C\C/C=C\C/C=C\C/C=C\C/C=C\CCCCCCC(=O)NC(COP(=O)(O)OCC[N+](C)(C)C)C(/C=C\CCCCCCCCCCC)OC(=O)CCCCCCCCCCCCCCCCCCC. The number of carbonyl (C=O) groups is 2. The van der Waals surface area contributed by atoms with Crippen LogP contribution in [-0.2, 0) is 27.9 Å². The molecule has 0 heterocycles. The van der Waals surface area contributed by atoms with Gasteiger partial charge >= 0.3 is 13.8 Å². The molecule has 0 aromatic rings. The minimum Gasteiger partial charge on any atom is -0.456 e. The van der Waals surface area contributed by atoms with Gasteiger partial charge in [-0.05, 0) is 83.1 Å². The number of likely N-dealkylation sites (N-methyl/N-ethyl adjacent to an activating group) is 1. The molecule has 0 saturated heterocycles. The minimum atomic E-state index is -4.46. The van der Waals surface area contributed by atoms with Crippen molar-refractivity contribution in [1.82, 2.24) is 5.32 Å². The molecular formula is C67H122N2O7P+. The number of esters is 1. The lowest BCUT2D eigenvalue weighted by Crippen LogP contribution is -2.47. The number of nitrogens with zero attached hydrogens (tertiary/aromatic N) is 1. The predicted molar refractivity (Wildman–Crippen MR) is 332 cm³/mol. The monoisotopic (exact) mass is 1100 g/mol. The summed E-state index contributed by atoms with van der Waals surface area (Å²) in [6.07, 6.45) is 74.4. The smallest absolute Gasteiger partial charge is 0.456 e. The first-order chi connectivity index (χ1) is 37.4. The van der Waals surface area contributed by atoms with Gasteiger partial charge in [-0.1, -0.05) is 267 Å². The summed E-state index contributed by atoms with van der Waals surface area (Å²) < 4.78 is 30.7. The Hall–Kier alpha value is -2.81. The number of nitrogens with one attached hydrogen (secondary N) is 1. The highest BCUT2D eigenvalue weighted by atomic mass is 31.2. The van der Waals surface area contributed by atoms with Crippen molar-refractivity contribution in [3.8, 4) is 0 Å². The molecule has 0 radical (unpaired) electrons. The van der Waals surface area contributed by atoms with Crippen LogP contribution in [-0.4, -0.2) is 74.3 Å². The average Bonchev–Trinajstić information content (AvgIpc) is 3.39. The van der Waals surface area contributed by atoms with Crippen LogP contribution in [0.5, 0.6) is 0 Å². The van der Waals surface area contributed by atoms with E-state index < -0.39 is 20.0 Å². The van der Waals surface area contributed by atoms with E-state index in [-0.39, 0.29) is 31.5 Å². The summed E-state index contributed by atoms with van der Waals surface area (Å²) in [4.78, 5) is 37.7. The first-order valence-corrected chi connectivity index (χ1v) is 33.4. The second-order valence-electron chi connectivity index (χ2n) is 22.6. The van der Waals surface area contributed by atoms with Gasteiger partial charge in [0.15, 0.2) is 0 Å². The summed E-state index contributed by atoms with van der Waals surface area (Å²) in [5.74, 6) is -0.531. The number of rotatable bonds is 57. The third kappa shape index (κ3) is 57.7. The van der Waals surface area contributed by atoms with E-state index >= 15 is 0 Å². The summed E-state index contributed by atoms with van der Waals surface area (Å²) in [5.41, 5.74) is 0. The fourth-order valence-corrected chi connectivity index (χ4v) is 9.68. The predicted octanol–water partition coefficient (Wildman–Crippen LogP) is 19.8. The molecule has 9 nitrogen and oxygen atoms in total. The molecule has 0 rings (SSSR count). The van der Waals surface area contributed by atoms with Gasteiger partial charge in [0, 0.05) is 12.8 Å². The van der Waals surface area contributed by atoms with Crippen molar-refractivity contribution in [2.75, 3.05) is 40.9 Å². The van der Waals surface area contributed by atoms with Crippen molar-refractivity contribution in [3.63, 3.8) is 0 Å². The molecule has 0 fully saturated rings. The van der Waals surface area contributed by atoms with Crippen LogP contribution >= 0.6 is 7.82 Å². The summed E-state index contributed by atoms with van der Waals surface area (Å²) >= 11 is 0. The van der Waals surface area contributed by atoms with Crippen LogP contribution in [0.25, 0.3) is 0 Å². The van der Waals surface area contributed by atoms with Crippen LogP contribution in [0.1, 0.15) is 278 Å². The zero-order valence-corrected chi connectivity index (χ0v) is 51.8. The third-order valence-corrected chi connectivity index (χ3v) is 14.8. The Morgan fingerprint density at radius 1 is 0.468 bits per heavy atom. The second kappa shape index (κ2) is 56.5. The molecule has 0 aliphatic heterocycles. The van der Waals surface area contributed by atoms with Gasteiger partial charge in [0.2, 0.25) is 5.91 Å². The van der Waals surface area contributed by atoms with Crippen molar-refractivity contribution < 1.29 is 37.3 Å². The van der Waals surface area contributed by atoms with Crippen LogP contribution in [0.2, 0.25) is 0 Å². The maximum atomic E-state index is 13.5. The van der Waals surface area contributed by atoms with Gasteiger partial charge in [0.05, 0.1) is 33.8 Å². The number of amides is 1. The van der Waals surface area contributed by atoms with E-state index in [1.807, 2.05) is 33.3 Å². The molecule has 0 saturated carbocycles. The number of phosphoric acid groups is 1. The molecule has 0 aromatic carbocycles. The Bertz CT molecular complexity index is 1590. The average molecular weight is 1100 g/mol. The van der Waals surface area contributed by atoms with Gasteiger partial charge in [-0.3, -0.25) is 18.6 Å². The molecule has 1 amide bonds. The number of hydrogen-bond donors (Lipinski definition) is 2. The van der Waals surface area contributed by atoms with Crippen LogP contribution in [0.4, 0.5) is 0 Å². The Morgan fingerprint density at radius 3 is 1.25 bits per heavy atom. The number of ether oxygens (including phenoxy) is 1. The van der Waals surface area contributed by atoms with Crippen molar-refractivity contribution in [3.05, 3.63) is 85.1 Å². The molecule has 0 aliphatic rings. The van der Waals surface area contributed by atoms with Gasteiger partial charge in [-0.25, -0.2) is 4.57 Å². The van der Waals surface area contributed by atoms with Gasteiger partial charge in [-0.15, -0.1) is 0 Å². The van der Waals surface area contributed by atoms with Crippen LogP contribution in [0.3, 0.4) is 0 Å². The van der Waals surface area contributed by atoms with Crippen molar-refractivity contribution in [1.29, 1.82) is 0 Å². The summed E-state index contributed by atoms with van der Waals surface area (Å²) in [5, 5.41) is 3.04. The number of phosphoric ester groups is 1. The van der Waals surface area contributed by atoms with Gasteiger partial charge in [-0.2, -0.15) is 0 Å². The van der Waals surface area contributed by atoms with E-state index in [0.717, 1.165) is 103 Å². The molecule has 0 aromatic heterocycles. The molecule has 0 aliphatic carbocycles. The molecule has 77 heavy (non-hydrogen) atoms. The topological polar surface area (TPSA) is 111 Å². The highest BCUT2D eigenvalue weighted by Crippen LogP contribution is 2.43.